The lowest BCUT2D eigenvalue weighted by Gasteiger charge is -2.32. The highest BCUT2D eigenvalue weighted by molar-refractivity contribution is 5.98. The molecule has 0 radical (unpaired) electrons. The van der Waals surface area contributed by atoms with Gasteiger partial charge in [-0.15, -0.1) is 0 Å². The largest absolute Gasteiger partial charge is 0.339 e. The van der Waals surface area contributed by atoms with E-state index in [2.05, 4.69) is 107 Å². The molecule has 2 saturated heterocycles. The number of benzene rings is 4. The number of aromatic nitrogens is 4. The second kappa shape index (κ2) is 16.8. The Hall–Kier alpha value is -5.24. The van der Waals surface area contributed by atoms with E-state index in [-0.39, 0.29) is 11.8 Å². The van der Waals surface area contributed by atoms with Crippen LogP contribution < -0.4 is 0 Å². The van der Waals surface area contributed by atoms with Crippen LogP contribution in [-0.2, 0) is 12.8 Å². The van der Waals surface area contributed by atoms with Crippen LogP contribution in [-0.4, -0.2) is 66.9 Å². The average molecular weight is 723 g/mol. The molecule has 0 bridgehead atoms. The van der Waals surface area contributed by atoms with Crippen LogP contribution in [0, 0.1) is 11.8 Å². The summed E-state index contributed by atoms with van der Waals surface area (Å²) in [5.41, 5.74) is 8.28. The van der Waals surface area contributed by atoms with E-state index in [1.54, 1.807) is 0 Å². The smallest absolute Gasteiger partial charge is 0.253 e. The minimum atomic E-state index is 0.133. The first-order chi connectivity index (χ1) is 26.2. The Labute approximate surface area is 319 Å². The van der Waals surface area contributed by atoms with Crippen molar-refractivity contribution in [1.82, 2.24) is 28.9 Å². The van der Waals surface area contributed by atoms with Gasteiger partial charge in [-0.2, -0.15) is 0 Å². The van der Waals surface area contributed by atoms with Crippen LogP contribution in [0.2, 0.25) is 0 Å². The Morgan fingerprint density at radius 3 is 1.50 bits per heavy atom. The van der Waals surface area contributed by atoms with Gasteiger partial charge in [-0.1, -0.05) is 60.7 Å². The first-order valence-corrected chi connectivity index (χ1v) is 19.8. The first-order valence-electron chi connectivity index (χ1n) is 19.8. The van der Waals surface area contributed by atoms with E-state index in [0.717, 1.165) is 97.9 Å². The van der Waals surface area contributed by atoms with E-state index in [4.69, 9.17) is 0 Å². The molecule has 2 aromatic heterocycles. The van der Waals surface area contributed by atoms with E-state index < -0.39 is 0 Å². The molecule has 0 unspecified atom stereocenters. The summed E-state index contributed by atoms with van der Waals surface area (Å²) >= 11 is 0. The summed E-state index contributed by atoms with van der Waals surface area (Å²) in [4.78, 5) is 38.9. The number of carbonyl (C=O) groups is 2. The Kier molecular flexibility index (Phi) is 11.6. The minimum absolute atomic E-state index is 0.133. The number of hydrogen-bond acceptors (Lipinski definition) is 4. The number of carbonyl (C=O) groups excluding carboxylic acids is 2. The molecule has 0 atom stereocenters. The van der Waals surface area contributed by atoms with Crippen LogP contribution in [0.15, 0.2) is 110 Å². The second-order valence-electron chi connectivity index (χ2n) is 15.7. The molecule has 280 valence electrons. The van der Waals surface area contributed by atoms with Crippen LogP contribution in [0.5, 0.6) is 0 Å². The third-order valence-corrected chi connectivity index (χ3v) is 11.3. The van der Waals surface area contributed by atoms with Crippen molar-refractivity contribution in [3.63, 3.8) is 0 Å². The molecule has 2 aliphatic rings. The molecule has 6 aromatic rings. The van der Waals surface area contributed by atoms with Crippen molar-refractivity contribution in [2.24, 2.45) is 11.8 Å². The number of nitrogens with zero attached hydrogens (tertiary/aromatic N) is 6. The fourth-order valence-electron chi connectivity index (χ4n) is 8.09. The third kappa shape index (κ3) is 8.59. The lowest BCUT2D eigenvalue weighted by Crippen LogP contribution is -2.38. The van der Waals surface area contributed by atoms with Crippen molar-refractivity contribution in [2.75, 3.05) is 26.2 Å². The molecule has 4 aromatic carbocycles. The SMILES string of the molecule is CC(C)n1cnc2cc(C(=O)N3CCC(Cc4ccccc4)CC3)ccc21.CC(C)n1cnc2ccc(C(=O)N3CCC(Cc4ccccc4)CC3)cc21. The van der Waals surface area contributed by atoms with Crippen molar-refractivity contribution in [3.8, 4) is 0 Å². The molecule has 54 heavy (non-hydrogen) atoms. The lowest BCUT2D eigenvalue weighted by atomic mass is 9.90. The number of likely N-dealkylation sites (tertiary alicyclic amines) is 2. The number of rotatable bonds is 8. The number of hydrogen-bond donors (Lipinski definition) is 0. The summed E-state index contributed by atoms with van der Waals surface area (Å²) < 4.78 is 4.26. The normalized spacial score (nSPS) is 15.6. The van der Waals surface area contributed by atoms with Crippen molar-refractivity contribution in [2.45, 2.75) is 78.3 Å². The zero-order valence-electron chi connectivity index (χ0n) is 32.3. The van der Waals surface area contributed by atoms with Gasteiger partial charge in [-0.25, -0.2) is 9.97 Å². The molecule has 2 fully saturated rings. The zero-order chi connectivity index (χ0) is 37.6. The summed E-state index contributed by atoms with van der Waals surface area (Å²) in [6.07, 6.45) is 10.2. The van der Waals surface area contributed by atoms with Gasteiger partial charge in [-0.3, -0.25) is 9.59 Å². The Balaban J connectivity index is 0.000000167. The van der Waals surface area contributed by atoms with Crippen LogP contribution >= 0.6 is 0 Å². The lowest BCUT2D eigenvalue weighted by molar-refractivity contribution is 0.0683. The third-order valence-electron chi connectivity index (χ3n) is 11.3. The molecule has 8 heteroatoms. The fourth-order valence-corrected chi connectivity index (χ4v) is 8.09. The van der Waals surface area contributed by atoms with Crippen LogP contribution in [0.25, 0.3) is 22.1 Å². The molecule has 0 aliphatic carbocycles. The van der Waals surface area contributed by atoms with E-state index in [1.165, 1.54) is 11.1 Å². The van der Waals surface area contributed by atoms with Crippen molar-refractivity contribution >= 4 is 33.9 Å². The monoisotopic (exact) mass is 722 g/mol. The quantitative estimate of drug-likeness (QED) is 0.157. The second-order valence-corrected chi connectivity index (χ2v) is 15.7. The summed E-state index contributed by atoms with van der Waals surface area (Å²) in [5, 5.41) is 0. The molecule has 4 heterocycles. The van der Waals surface area contributed by atoms with Crippen LogP contribution in [0.3, 0.4) is 0 Å². The van der Waals surface area contributed by atoms with Gasteiger partial charge in [0.1, 0.15) is 0 Å². The zero-order valence-corrected chi connectivity index (χ0v) is 32.3. The predicted molar refractivity (Wildman–Crippen MR) is 218 cm³/mol. The number of fused-ring (bicyclic) bond motifs is 2. The highest BCUT2D eigenvalue weighted by Crippen LogP contribution is 2.26. The van der Waals surface area contributed by atoms with Crippen molar-refractivity contribution in [1.29, 1.82) is 0 Å². The molecule has 0 spiro atoms. The topological polar surface area (TPSA) is 76.3 Å². The van der Waals surface area contributed by atoms with Crippen LogP contribution in [0.1, 0.15) is 97.3 Å². The molecule has 0 saturated carbocycles. The molecule has 8 rings (SSSR count). The van der Waals surface area contributed by atoms with E-state index >= 15 is 0 Å². The summed E-state index contributed by atoms with van der Waals surface area (Å²) in [5.74, 6) is 1.61. The van der Waals surface area contributed by atoms with Gasteiger partial charge in [0.05, 0.1) is 34.7 Å². The molecule has 2 aliphatic heterocycles. The highest BCUT2D eigenvalue weighted by Gasteiger charge is 2.26. The Morgan fingerprint density at radius 2 is 1.00 bits per heavy atom. The van der Waals surface area contributed by atoms with Crippen LogP contribution in [0.4, 0.5) is 0 Å². The summed E-state index contributed by atoms with van der Waals surface area (Å²) in [6, 6.07) is 33.8. The molecular formula is C46H54N6O2. The van der Waals surface area contributed by atoms with E-state index in [1.807, 2.05) is 58.9 Å². The Morgan fingerprint density at radius 1 is 0.556 bits per heavy atom. The standard InChI is InChI=1S/2C23H27N3O/c1-17(2)26-16-24-21-15-20(8-9-22(21)26)23(27)25-12-10-19(11-13-25)14-18-6-4-3-5-7-18;1-17(2)26-16-24-21-9-8-20(15-22(21)26)23(27)25-12-10-19(11-13-25)14-18-6-4-3-5-7-18/h2*3-9,15-17,19H,10-14H2,1-2H3. The molecule has 2 amide bonds. The van der Waals surface area contributed by atoms with Crippen molar-refractivity contribution in [3.05, 3.63) is 132 Å². The molecule has 0 N–H and O–H groups in total. The number of amides is 2. The Bertz CT molecular complexity index is 2150. The maximum absolute atomic E-state index is 13.0. The highest BCUT2D eigenvalue weighted by atomic mass is 16.2. The number of imidazole rings is 2. The molecule has 8 nitrogen and oxygen atoms in total. The van der Waals surface area contributed by atoms with Gasteiger partial charge in [-0.05, 0) is 126 Å². The van der Waals surface area contributed by atoms with Gasteiger partial charge in [0.15, 0.2) is 0 Å². The summed E-state index contributed by atoms with van der Waals surface area (Å²) in [7, 11) is 0. The van der Waals surface area contributed by atoms with Gasteiger partial charge >= 0.3 is 0 Å². The predicted octanol–water partition coefficient (Wildman–Crippen LogP) is 9.42. The van der Waals surface area contributed by atoms with E-state index in [9.17, 15) is 9.59 Å². The average Bonchev–Trinajstić information content (AvgIpc) is 3.84. The van der Waals surface area contributed by atoms with E-state index in [0.29, 0.717) is 23.9 Å². The first kappa shape index (κ1) is 37.1. The maximum Gasteiger partial charge on any atom is 0.253 e. The maximum atomic E-state index is 13.0. The van der Waals surface area contributed by atoms with Gasteiger partial charge in [0, 0.05) is 49.4 Å². The molecular weight excluding hydrogens is 669 g/mol. The minimum Gasteiger partial charge on any atom is -0.339 e. The van der Waals surface area contributed by atoms with Gasteiger partial charge < -0.3 is 18.9 Å². The van der Waals surface area contributed by atoms with Gasteiger partial charge in [0.2, 0.25) is 0 Å². The number of piperidine rings is 2. The fraction of sp³-hybridized carbons (Fsp3) is 0.391. The van der Waals surface area contributed by atoms with Crippen molar-refractivity contribution < 1.29 is 9.59 Å². The van der Waals surface area contributed by atoms with Gasteiger partial charge in [0.25, 0.3) is 11.8 Å². The summed E-state index contributed by atoms with van der Waals surface area (Å²) in [6.45, 7) is 11.9.